The van der Waals surface area contributed by atoms with Crippen molar-refractivity contribution in [2.45, 2.75) is 38.9 Å². The maximum atomic E-state index is 6.21. The highest BCUT2D eigenvalue weighted by Crippen LogP contribution is 2.37. The van der Waals surface area contributed by atoms with Gasteiger partial charge in [-0.25, -0.2) is 4.98 Å². The minimum atomic E-state index is -0.357. The number of rotatable bonds is 1. The summed E-state index contributed by atoms with van der Waals surface area (Å²) in [7, 11) is -0.357. The van der Waals surface area contributed by atoms with Crippen molar-refractivity contribution in [1.29, 1.82) is 0 Å². The lowest BCUT2D eigenvalue weighted by Gasteiger charge is -2.32. The van der Waals surface area contributed by atoms with Crippen molar-refractivity contribution in [1.82, 2.24) is 9.38 Å². The zero-order valence-corrected chi connectivity index (χ0v) is 15.6. The molecule has 4 nitrogen and oxygen atoms in total. The van der Waals surface area contributed by atoms with Crippen LogP contribution in [0.2, 0.25) is 0 Å². The number of hydrogen-bond acceptors (Lipinski definition) is 4. The monoisotopic (exact) mass is 350 g/mol. The average Bonchev–Trinajstić information content (AvgIpc) is 3.14. The first kappa shape index (κ1) is 15.4. The summed E-state index contributed by atoms with van der Waals surface area (Å²) in [6.45, 7) is 8.31. The van der Waals surface area contributed by atoms with Gasteiger partial charge >= 0.3 is 7.12 Å². The zero-order valence-electron chi connectivity index (χ0n) is 14.7. The minimum absolute atomic E-state index is 0.339. The summed E-state index contributed by atoms with van der Waals surface area (Å²) in [6, 6.07) is 14.7. The Morgan fingerprint density at radius 3 is 2.44 bits per heavy atom. The summed E-state index contributed by atoms with van der Waals surface area (Å²) < 4.78 is 15.9. The average molecular weight is 350 g/mol. The van der Waals surface area contributed by atoms with E-state index in [-0.39, 0.29) is 18.3 Å². The first-order chi connectivity index (χ1) is 11.9. The molecule has 25 heavy (non-hydrogen) atoms. The second-order valence-electron chi connectivity index (χ2n) is 7.64. The van der Waals surface area contributed by atoms with Crippen LogP contribution < -0.4 is 5.46 Å². The first-order valence-corrected chi connectivity index (χ1v) is 9.33. The first-order valence-electron chi connectivity index (χ1n) is 8.51. The van der Waals surface area contributed by atoms with Gasteiger partial charge in [0.05, 0.1) is 32.5 Å². The molecule has 0 amide bonds. The van der Waals surface area contributed by atoms with Crippen LogP contribution in [0.25, 0.3) is 26.2 Å². The van der Waals surface area contributed by atoms with Gasteiger partial charge in [-0.15, -0.1) is 0 Å². The summed E-state index contributed by atoms with van der Waals surface area (Å²) >= 11 is 1.71. The smallest absolute Gasteiger partial charge is 0.399 e. The number of aromatic nitrogens is 2. The predicted molar refractivity (Wildman–Crippen MR) is 104 cm³/mol. The highest BCUT2D eigenvalue weighted by atomic mass is 32.1. The van der Waals surface area contributed by atoms with E-state index in [1.165, 1.54) is 10.2 Å². The molecule has 126 valence electrons. The van der Waals surface area contributed by atoms with Crippen LogP contribution in [0.4, 0.5) is 0 Å². The molecule has 1 saturated heterocycles. The van der Waals surface area contributed by atoms with Gasteiger partial charge in [0, 0.05) is 0 Å². The van der Waals surface area contributed by atoms with Crippen molar-refractivity contribution in [3.63, 3.8) is 0 Å². The van der Waals surface area contributed by atoms with Crippen molar-refractivity contribution in [3.05, 3.63) is 42.5 Å². The third kappa shape index (κ3) is 2.11. The molecule has 1 fully saturated rings. The summed E-state index contributed by atoms with van der Waals surface area (Å²) in [4.78, 5) is 5.79. The van der Waals surface area contributed by atoms with Gasteiger partial charge in [0.1, 0.15) is 0 Å². The van der Waals surface area contributed by atoms with E-state index < -0.39 is 0 Å². The molecule has 0 saturated carbocycles. The van der Waals surface area contributed by atoms with Gasteiger partial charge in [0.25, 0.3) is 0 Å². The van der Waals surface area contributed by atoms with Gasteiger partial charge in [-0.1, -0.05) is 29.5 Å². The van der Waals surface area contributed by atoms with E-state index in [4.69, 9.17) is 14.3 Å². The molecular formula is C19H19BN2O2S. The van der Waals surface area contributed by atoms with Gasteiger partial charge < -0.3 is 9.31 Å². The van der Waals surface area contributed by atoms with Crippen LogP contribution in [0, 0.1) is 0 Å². The highest BCUT2D eigenvalue weighted by Gasteiger charge is 2.51. The molecular weight excluding hydrogens is 331 g/mol. The van der Waals surface area contributed by atoms with Crippen molar-refractivity contribution < 1.29 is 9.31 Å². The van der Waals surface area contributed by atoms with Crippen LogP contribution >= 0.6 is 11.3 Å². The van der Waals surface area contributed by atoms with Gasteiger partial charge in [0.2, 0.25) is 0 Å². The Morgan fingerprint density at radius 2 is 1.68 bits per heavy atom. The van der Waals surface area contributed by atoms with Gasteiger partial charge in [0.15, 0.2) is 4.96 Å². The molecule has 1 aliphatic heterocycles. The molecule has 2 aromatic carbocycles. The van der Waals surface area contributed by atoms with Crippen LogP contribution in [0.3, 0.4) is 0 Å². The van der Waals surface area contributed by atoms with Crippen LogP contribution in [-0.2, 0) is 9.31 Å². The lowest BCUT2D eigenvalue weighted by Crippen LogP contribution is -2.41. The van der Waals surface area contributed by atoms with E-state index in [1.807, 2.05) is 0 Å². The van der Waals surface area contributed by atoms with Gasteiger partial charge in [-0.2, -0.15) is 0 Å². The third-order valence-corrected chi connectivity index (χ3v) is 6.50. The topological polar surface area (TPSA) is 35.8 Å². The third-order valence-electron chi connectivity index (χ3n) is 5.48. The molecule has 0 atom stereocenters. The summed E-state index contributed by atoms with van der Waals surface area (Å²) in [5, 5.41) is 0. The van der Waals surface area contributed by atoms with E-state index in [0.29, 0.717) is 0 Å². The highest BCUT2D eigenvalue weighted by molar-refractivity contribution is 7.23. The molecule has 1 aliphatic rings. The number of fused-ring (bicyclic) bond motifs is 5. The maximum Gasteiger partial charge on any atom is 0.494 e. The molecule has 0 aliphatic carbocycles. The number of thiazole rings is 1. The molecule has 5 rings (SSSR count). The van der Waals surface area contributed by atoms with E-state index in [0.717, 1.165) is 21.5 Å². The van der Waals surface area contributed by atoms with Crippen LogP contribution in [0.5, 0.6) is 0 Å². The summed E-state index contributed by atoms with van der Waals surface area (Å²) in [5.41, 5.74) is 3.64. The Bertz CT molecular complexity index is 1110. The maximum absolute atomic E-state index is 6.21. The number of benzene rings is 2. The van der Waals surface area contributed by atoms with Crippen molar-refractivity contribution >= 4 is 50.1 Å². The van der Waals surface area contributed by atoms with Crippen LogP contribution in [0.1, 0.15) is 27.7 Å². The number of nitrogens with zero attached hydrogens (tertiary/aromatic N) is 2. The number of imidazole rings is 1. The van der Waals surface area contributed by atoms with E-state index >= 15 is 0 Å². The fourth-order valence-electron chi connectivity index (χ4n) is 3.32. The van der Waals surface area contributed by atoms with E-state index in [9.17, 15) is 0 Å². The molecule has 0 bridgehead atoms. The largest absolute Gasteiger partial charge is 0.494 e. The van der Waals surface area contributed by atoms with Crippen molar-refractivity contribution in [2.75, 3.05) is 0 Å². The van der Waals surface area contributed by atoms with E-state index in [1.54, 1.807) is 11.3 Å². The fraction of sp³-hybridized carbons (Fsp3) is 0.316. The molecule has 0 radical (unpaired) electrons. The second-order valence-corrected chi connectivity index (χ2v) is 8.65. The summed E-state index contributed by atoms with van der Waals surface area (Å²) in [5.74, 6) is 0. The molecule has 2 aromatic heterocycles. The molecule has 6 heteroatoms. The summed E-state index contributed by atoms with van der Waals surface area (Å²) in [6.07, 6.45) is 0. The minimum Gasteiger partial charge on any atom is -0.399 e. The molecule has 0 spiro atoms. The molecule has 4 aromatic rings. The van der Waals surface area contributed by atoms with Crippen molar-refractivity contribution in [3.8, 4) is 0 Å². The number of hydrogen-bond donors (Lipinski definition) is 0. The SMILES string of the molecule is CC1(C)OB(c2ccc3nc4sc5ccccc5n4c3c2)OC1(C)C. The fourth-order valence-corrected chi connectivity index (χ4v) is 4.36. The van der Waals surface area contributed by atoms with Crippen LogP contribution in [0.15, 0.2) is 42.5 Å². The van der Waals surface area contributed by atoms with E-state index in [2.05, 4.69) is 74.6 Å². The predicted octanol–water partition coefficient (Wildman–Crippen LogP) is 4.00. The Hall–Kier alpha value is -1.89. The lowest BCUT2D eigenvalue weighted by molar-refractivity contribution is 0.00578. The normalized spacial score (nSPS) is 19.4. The lowest BCUT2D eigenvalue weighted by atomic mass is 9.79. The Kier molecular flexibility index (Phi) is 2.98. The Labute approximate surface area is 150 Å². The molecule has 0 N–H and O–H groups in total. The second kappa shape index (κ2) is 4.84. The molecule has 0 unspecified atom stereocenters. The van der Waals surface area contributed by atoms with Crippen molar-refractivity contribution in [2.24, 2.45) is 0 Å². The Morgan fingerprint density at radius 1 is 0.960 bits per heavy atom. The number of para-hydroxylation sites is 1. The quantitative estimate of drug-likeness (QED) is 0.487. The zero-order chi connectivity index (χ0) is 17.4. The standard InChI is InChI=1S/C19H19BN2O2S/c1-18(2)19(3,4)24-20(23-18)12-9-10-13-15(11-12)22-14-7-5-6-8-16(14)25-17(22)21-13/h5-11H,1-4H3. The van der Waals surface area contributed by atoms with Crippen LogP contribution in [-0.4, -0.2) is 27.7 Å². The van der Waals surface area contributed by atoms with Gasteiger partial charge in [-0.3, -0.25) is 4.40 Å². The van der Waals surface area contributed by atoms with Gasteiger partial charge in [-0.05, 0) is 57.4 Å². The molecule has 3 heterocycles. The Balaban J connectivity index is 1.70.